The third-order valence-electron chi connectivity index (χ3n) is 4.79. The summed E-state index contributed by atoms with van der Waals surface area (Å²) in [5, 5.41) is 6.45. The van der Waals surface area contributed by atoms with E-state index in [1.54, 1.807) is 0 Å². The van der Waals surface area contributed by atoms with Crippen LogP contribution in [0.4, 0.5) is 5.69 Å². The summed E-state index contributed by atoms with van der Waals surface area (Å²) in [4.78, 5) is 17.1. The maximum atomic E-state index is 12.3. The van der Waals surface area contributed by atoms with Crippen molar-refractivity contribution >= 4 is 39.9 Å². The maximum absolute atomic E-state index is 12.3. The van der Waals surface area contributed by atoms with E-state index in [1.165, 1.54) is 6.42 Å². The molecule has 0 spiro atoms. The summed E-state index contributed by atoms with van der Waals surface area (Å²) < 4.78 is 1.03. The molecule has 2 heterocycles. The van der Waals surface area contributed by atoms with Gasteiger partial charge in [0.2, 0.25) is 5.91 Å². The number of carbonyl (C=O) groups is 1. The first-order valence-electron chi connectivity index (χ1n) is 8.35. The third-order valence-corrected chi connectivity index (χ3v) is 5.28. The van der Waals surface area contributed by atoms with E-state index < -0.39 is 0 Å². The molecular weight excluding hydrogens is 392 g/mol. The molecule has 0 aliphatic carbocycles. The van der Waals surface area contributed by atoms with E-state index in [2.05, 4.69) is 36.4 Å². The molecular formula is C17H26BrClN4O. The quantitative estimate of drug-likeness (QED) is 0.788. The molecule has 0 saturated carbocycles. The minimum Gasteiger partial charge on any atom is -0.325 e. The van der Waals surface area contributed by atoms with Gasteiger partial charge in [-0.25, -0.2) is 0 Å². The number of anilines is 1. The van der Waals surface area contributed by atoms with Gasteiger partial charge in [0.25, 0.3) is 0 Å². The van der Waals surface area contributed by atoms with Gasteiger partial charge in [0.05, 0.1) is 6.54 Å². The van der Waals surface area contributed by atoms with Crippen molar-refractivity contribution in [1.82, 2.24) is 15.1 Å². The second-order valence-electron chi connectivity index (χ2n) is 6.47. The van der Waals surface area contributed by atoms with E-state index in [9.17, 15) is 4.79 Å². The normalized spacial score (nSPS) is 22.2. The molecule has 1 aromatic carbocycles. The van der Waals surface area contributed by atoms with Gasteiger partial charge in [0.15, 0.2) is 0 Å². The Hall–Kier alpha value is -0.660. The second-order valence-corrected chi connectivity index (χ2v) is 7.38. The molecule has 0 radical (unpaired) electrons. The Morgan fingerprint density at radius 1 is 1.33 bits per heavy atom. The minimum absolute atomic E-state index is 0. The van der Waals surface area contributed by atoms with Crippen LogP contribution in [0.15, 0.2) is 22.7 Å². The van der Waals surface area contributed by atoms with Crippen LogP contribution in [0, 0.1) is 6.92 Å². The summed E-state index contributed by atoms with van der Waals surface area (Å²) in [5.41, 5.74) is 1.97. The van der Waals surface area contributed by atoms with Crippen molar-refractivity contribution in [3.8, 4) is 0 Å². The van der Waals surface area contributed by atoms with Crippen molar-refractivity contribution in [2.75, 3.05) is 51.1 Å². The van der Waals surface area contributed by atoms with Crippen LogP contribution < -0.4 is 10.6 Å². The molecule has 1 amide bonds. The zero-order valence-corrected chi connectivity index (χ0v) is 16.5. The predicted molar refractivity (Wildman–Crippen MR) is 104 cm³/mol. The highest BCUT2D eigenvalue weighted by Gasteiger charge is 2.26. The first kappa shape index (κ1) is 19.7. The molecule has 0 aromatic heterocycles. The van der Waals surface area contributed by atoms with Crippen LogP contribution in [-0.2, 0) is 4.79 Å². The lowest BCUT2D eigenvalue weighted by Gasteiger charge is -2.37. The van der Waals surface area contributed by atoms with Gasteiger partial charge >= 0.3 is 0 Å². The second kappa shape index (κ2) is 9.15. The van der Waals surface area contributed by atoms with Gasteiger partial charge in [-0.3, -0.25) is 14.6 Å². The number of hydrogen-bond acceptors (Lipinski definition) is 4. The number of amides is 1. The van der Waals surface area contributed by atoms with Crippen molar-refractivity contribution in [2.45, 2.75) is 19.4 Å². The molecule has 134 valence electrons. The Kier molecular flexibility index (Phi) is 7.50. The van der Waals surface area contributed by atoms with Gasteiger partial charge in [0.1, 0.15) is 0 Å². The van der Waals surface area contributed by atoms with Gasteiger partial charge in [-0.1, -0.05) is 15.9 Å². The van der Waals surface area contributed by atoms with E-state index >= 15 is 0 Å². The fraction of sp³-hybridized carbons (Fsp3) is 0.588. The van der Waals surface area contributed by atoms with Gasteiger partial charge in [-0.2, -0.15) is 0 Å². The average Bonchev–Trinajstić information content (AvgIpc) is 3.05. The number of piperazine rings is 1. The lowest BCUT2D eigenvalue weighted by Crippen LogP contribution is -2.52. The Labute approximate surface area is 158 Å². The summed E-state index contributed by atoms with van der Waals surface area (Å²) in [6.07, 6.45) is 1.25. The Balaban J connectivity index is 0.00000208. The monoisotopic (exact) mass is 416 g/mol. The van der Waals surface area contributed by atoms with Crippen molar-refractivity contribution in [1.29, 1.82) is 0 Å². The average molecular weight is 418 g/mol. The minimum atomic E-state index is 0. The van der Waals surface area contributed by atoms with E-state index in [4.69, 9.17) is 0 Å². The Bertz CT molecular complexity index is 558. The lowest BCUT2D eigenvalue weighted by molar-refractivity contribution is -0.117. The third kappa shape index (κ3) is 5.17. The van der Waals surface area contributed by atoms with Crippen LogP contribution in [0.2, 0.25) is 0 Å². The Morgan fingerprint density at radius 2 is 2.08 bits per heavy atom. The molecule has 2 fully saturated rings. The number of halogens is 2. The first-order chi connectivity index (χ1) is 11.1. The van der Waals surface area contributed by atoms with Gasteiger partial charge in [0, 0.05) is 48.9 Å². The zero-order valence-electron chi connectivity index (χ0n) is 14.1. The molecule has 7 heteroatoms. The molecule has 1 aromatic rings. The molecule has 2 aliphatic rings. The van der Waals surface area contributed by atoms with E-state index in [0.717, 1.165) is 55.0 Å². The van der Waals surface area contributed by atoms with Gasteiger partial charge < -0.3 is 10.6 Å². The molecule has 2 aliphatic heterocycles. The van der Waals surface area contributed by atoms with Gasteiger partial charge in [-0.05, 0) is 43.7 Å². The highest BCUT2D eigenvalue weighted by Crippen LogP contribution is 2.20. The van der Waals surface area contributed by atoms with Crippen molar-refractivity contribution < 1.29 is 4.79 Å². The predicted octanol–water partition coefficient (Wildman–Crippen LogP) is 2.10. The van der Waals surface area contributed by atoms with Crippen molar-refractivity contribution in [2.24, 2.45) is 0 Å². The number of rotatable bonds is 4. The standard InChI is InChI=1S/C17H25BrN4O.ClH/c1-13-10-14(18)2-3-16(13)20-17(23)12-21-6-8-22(9-7-21)15-4-5-19-11-15;/h2-3,10,15,19H,4-9,11-12H2,1H3,(H,20,23);1H. The summed E-state index contributed by atoms with van der Waals surface area (Å²) >= 11 is 3.45. The molecule has 2 saturated heterocycles. The molecule has 24 heavy (non-hydrogen) atoms. The molecule has 5 nitrogen and oxygen atoms in total. The van der Waals surface area contributed by atoms with Crippen molar-refractivity contribution in [3.05, 3.63) is 28.2 Å². The highest BCUT2D eigenvalue weighted by atomic mass is 79.9. The molecule has 1 unspecified atom stereocenters. The van der Waals surface area contributed by atoms with Crippen LogP contribution in [0.25, 0.3) is 0 Å². The van der Waals surface area contributed by atoms with Gasteiger partial charge in [-0.15, -0.1) is 12.4 Å². The summed E-state index contributed by atoms with van der Waals surface area (Å²) in [6.45, 7) is 8.82. The number of nitrogens with one attached hydrogen (secondary N) is 2. The van der Waals surface area contributed by atoms with Crippen LogP contribution in [-0.4, -0.2) is 67.6 Å². The molecule has 1 atom stereocenters. The lowest BCUT2D eigenvalue weighted by atomic mass is 10.2. The largest absolute Gasteiger partial charge is 0.325 e. The van der Waals surface area contributed by atoms with Crippen LogP contribution in [0.1, 0.15) is 12.0 Å². The number of carbonyl (C=O) groups excluding carboxylic acids is 1. The fourth-order valence-electron chi connectivity index (χ4n) is 3.40. The molecule has 3 rings (SSSR count). The van der Waals surface area contributed by atoms with E-state index in [0.29, 0.717) is 12.6 Å². The number of nitrogens with zero attached hydrogens (tertiary/aromatic N) is 2. The number of hydrogen-bond donors (Lipinski definition) is 2. The highest BCUT2D eigenvalue weighted by molar-refractivity contribution is 9.10. The summed E-state index contributed by atoms with van der Waals surface area (Å²) in [5.74, 6) is 0.0754. The SMILES string of the molecule is Cc1cc(Br)ccc1NC(=O)CN1CCN(C2CCNC2)CC1.Cl. The number of aryl methyl sites for hydroxylation is 1. The Morgan fingerprint density at radius 3 is 2.71 bits per heavy atom. The van der Waals surface area contributed by atoms with Crippen LogP contribution in [0.5, 0.6) is 0 Å². The van der Waals surface area contributed by atoms with Crippen LogP contribution >= 0.6 is 28.3 Å². The van der Waals surface area contributed by atoms with E-state index in [1.807, 2.05) is 25.1 Å². The zero-order chi connectivity index (χ0) is 16.2. The smallest absolute Gasteiger partial charge is 0.238 e. The topological polar surface area (TPSA) is 47.6 Å². The maximum Gasteiger partial charge on any atom is 0.238 e. The summed E-state index contributed by atoms with van der Waals surface area (Å²) in [6, 6.07) is 6.61. The van der Waals surface area contributed by atoms with E-state index in [-0.39, 0.29) is 18.3 Å². The molecule has 0 bridgehead atoms. The first-order valence-corrected chi connectivity index (χ1v) is 9.14. The van der Waals surface area contributed by atoms with Crippen molar-refractivity contribution in [3.63, 3.8) is 0 Å². The van der Waals surface area contributed by atoms with Crippen LogP contribution in [0.3, 0.4) is 0 Å². The summed E-state index contributed by atoms with van der Waals surface area (Å²) in [7, 11) is 0. The number of benzene rings is 1. The fourth-order valence-corrected chi connectivity index (χ4v) is 3.87. The molecule has 2 N–H and O–H groups in total.